The van der Waals surface area contributed by atoms with Gasteiger partial charge in [0.15, 0.2) is 24.2 Å². The van der Waals surface area contributed by atoms with Crippen LogP contribution in [-0.2, 0) is 19.5 Å². The molecule has 5 rings (SSSR count). The Morgan fingerprint density at radius 1 is 0.882 bits per heavy atom. The Bertz CT molecular complexity index is 1340. The van der Waals surface area contributed by atoms with Crippen molar-refractivity contribution in [2.24, 2.45) is 0 Å². The molecule has 3 aromatic carbocycles. The van der Waals surface area contributed by atoms with Crippen molar-refractivity contribution in [2.75, 3.05) is 26.6 Å². The van der Waals surface area contributed by atoms with Gasteiger partial charge in [-0.2, -0.15) is 4.57 Å². The smallest absolute Gasteiger partial charge is 0.213 e. The van der Waals surface area contributed by atoms with Crippen LogP contribution in [0.25, 0.3) is 22.0 Å². The summed E-state index contributed by atoms with van der Waals surface area (Å²) in [5.41, 5.74) is 5.45. The van der Waals surface area contributed by atoms with Crippen LogP contribution >= 0.6 is 0 Å². The molecule has 1 aliphatic rings. The van der Waals surface area contributed by atoms with Crippen molar-refractivity contribution in [1.29, 1.82) is 0 Å². The van der Waals surface area contributed by atoms with Gasteiger partial charge < -0.3 is 31.9 Å². The third-order valence-electron chi connectivity index (χ3n) is 6.24. The van der Waals surface area contributed by atoms with Gasteiger partial charge in [-0.1, -0.05) is 18.2 Å². The zero-order valence-corrected chi connectivity index (χ0v) is 20.1. The lowest BCUT2D eigenvalue weighted by molar-refractivity contribution is -0.686. The van der Waals surface area contributed by atoms with Crippen molar-refractivity contribution in [3.8, 4) is 28.5 Å². The van der Waals surface area contributed by atoms with Crippen LogP contribution in [0.4, 0.5) is 10.1 Å². The van der Waals surface area contributed by atoms with Crippen LogP contribution in [0.5, 0.6) is 17.2 Å². The summed E-state index contributed by atoms with van der Waals surface area (Å²) in [6.45, 7) is 1.43. The fraction of sp³-hybridized carbons (Fsp3) is 0.222. The second-order valence-corrected chi connectivity index (χ2v) is 8.09. The van der Waals surface area contributed by atoms with E-state index in [1.165, 1.54) is 17.7 Å². The number of methoxy groups -OCH3 is 3. The predicted molar refractivity (Wildman–Crippen MR) is 127 cm³/mol. The van der Waals surface area contributed by atoms with Gasteiger partial charge in [-0.3, -0.25) is 0 Å². The second kappa shape index (κ2) is 9.77. The van der Waals surface area contributed by atoms with Gasteiger partial charge >= 0.3 is 0 Å². The monoisotopic (exact) mass is 480 g/mol. The van der Waals surface area contributed by atoms with Crippen LogP contribution in [0.1, 0.15) is 11.1 Å². The van der Waals surface area contributed by atoms with Crippen molar-refractivity contribution in [3.05, 3.63) is 77.7 Å². The number of nitrogens with one attached hydrogen (secondary N) is 1. The number of aryl methyl sites for hydroxylation is 2. The van der Waals surface area contributed by atoms with E-state index in [9.17, 15) is 4.39 Å². The molecule has 0 saturated carbocycles. The molecule has 0 bridgehead atoms. The summed E-state index contributed by atoms with van der Waals surface area (Å²) in [7, 11) is 5.00. The Morgan fingerprint density at radius 2 is 1.59 bits per heavy atom. The molecule has 34 heavy (non-hydrogen) atoms. The minimum absolute atomic E-state index is 0. The SMILES string of the molecule is COc1cc2c(cc1OC)-c1cc3ccc(OC)c(NCc4ccc(F)cc4)c3c[n+]1CC2.[Cl-]. The van der Waals surface area contributed by atoms with E-state index in [-0.39, 0.29) is 18.2 Å². The number of rotatable bonds is 6. The lowest BCUT2D eigenvalue weighted by Gasteiger charge is -2.19. The molecule has 1 aliphatic heterocycles. The number of ether oxygens (including phenoxy) is 3. The number of anilines is 1. The van der Waals surface area contributed by atoms with Gasteiger partial charge in [0.2, 0.25) is 5.69 Å². The number of halogens is 2. The lowest BCUT2D eigenvalue weighted by Crippen LogP contribution is -3.00. The molecule has 0 amide bonds. The first-order valence-electron chi connectivity index (χ1n) is 10.9. The highest BCUT2D eigenvalue weighted by atomic mass is 35.5. The molecule has 0 unspecified atom stereocenters. The van der Waals surface area contributed by atoms with Gasteiger partial charge in [-0.05, 0) is 46.8 Å². The quantitative estimate of drug-likeness (QED) is 0.429. The summed E-state index contributed by atoms with van der Waals surface area (Å²) in [6, 6.07) is 16.9. The minimum Gasteiger partial charge on any atom is -1.00 e. The molecule has 4 aromatic rings. The van der Waals surface area contributed by atoms with Crippen LogP contribution in [0.2, 0.25) is 0 Å². The summed E-state index contributed by atoms with van der Waals surface area (Å²) in [4.78, 5) is 0. The molecule has 1 aromatic heterocycles. The molecule has 7 heteroatoms. The summed E-state index contributed by atoms with van der Waals surface area (Å²) >= 11 is 0. The van der Waals surface area contributed by atoms with Gasteiger partial charge in [0.05, 0.1) is 38.0 Å². The number of hydrogen-bond acceptors (Lipinski definition) is 4. The molecule has 2 heterocycles. The first kappa shape index (κ1) is 23.6. The highest BCUT2D eigenvalue weighted by molar-refractivity contribution is 5.97. The number of fused-ring (bicyclic) bond motifs is 4. The normalized spacial score (nSPS) is 11.8. The van der Waals surface area contributed by atoms with Crippen LogP contribution in [-0.4, -0.2) is 21.3 Å². The Hall–Kier alpha value is -3.51. The van der Waals surface area contributed by atoms with Gasteiger partial charge in [0.25, 0.3) is 0 Å². The van der Waals surface area contributed by atoms with E-state index in [1.807, 2.05) is 6.07 Å². The van der Waals surface area contributed by atoms with E-state index >= 15 is 0 Å². The van der Waals surface area contributed by atoms with Crippen LogP contribution in [0.15, 0.2) is 60.8 Å². The van der Waals surface area contributed by atoms with Crippen LogP contribution < -0.4 is 36.5 Å². The maximum absolute atomic E-state index is 13.3. The molecule has 0 radical (unpaired) electrons. The Kier molecular flexibility index (Phi) is 6.80. The average Bonchev–Trinajstić information content (AvgIpc) is 2.86. The fourth-order valence-electron chi connectivity index (χ4n) is 4.51. The third-order valence-corrected chi connectivity index (χ3v) is 6.24. The highest BCUT2D eigenvalue weighted by Crippen LogP contribution is 2.39. The number of benzene rings is 3. The average molecular weight is 481 g/mol. The van der Waals surface area contributed by atoms with Crippen LogP contribution in [0, 0.1) is 5.82 Å². The summed E-state index contributed by atoms with van der Waals surface area (Å²) < 4.78 is 32.3. The van der Waals surface area contributed by atoms with Gasteiger partial charge in [0.1, 0.15) is 11.6 Å². The Balaban J connectivity index is 0.00000274. The second-order valence-electron chi connectivity index (χ2n) is 8.09. The lowest BCUT2D eigenvalue weighted by atomic mass is 9.95. The molecule has 0 aliphatic carbocycles. The molecule has 0 spiro atoms. The first-order chi connectivity index (χ1) is 16.1. The molecular weight excluding hydrogens is 455 g/mol. The summed E-state index contributed by atoms with van der Waals surface area (Å²) in [6.07, 6.45) is 3.08. The Labute approximate surface area is 204 Å². The number of nitrogens with zero attached hydrogens (tertiary/aromatic N) is 1. The minimum atomic E-state index is -0.237. The van der Waals surface area contributed by atoms with Crippen molar-refractivity contribution in [1.82, 2.24) is 0 Å². The summed E-state index contributed by atoms with van der Waals surface area (Å²) in [5.74, 6) is 2.01. The standard InChI is InChI=1S/C27H25FN2O3.ClH/c1-31-24-9-6-18-12-23-21-14-26(33-3)25(32-2)13-19(21)10-11-30(23)16-22(18)27(24)29-15-17-4-7-20(28)8-5-17;/h4-9,12-14,16H,10-11,15H2,1-3H3;1H. The van der Waals surface area contributed by atoms with Gasteiger partial charge in [0, 0.05) is 19.0 Å². The van der Waals surface area contributed by atoms with Gasteiger partial charge in [-0.25, -0.2) is 4.39 Å². The van der Waals surface area contributed by atoms with E-state index < -0.39 is 0 Å². The van der Waals surface area contributed by atoms with Gasteiger partial charge in [-0.15, -0.1) is 0 Å². The zero-order valence-electron chi connectivity index (χ0n) is 19.3. The molecule has 0 atom stereocenters. The van der Waals surface area contributed by atoms with E-state index in [0.717, 1.165) is 63.5 Å². The number of pyridine rings is 1. The molecule has 5 nitrogen and oxygen atoms in total. The first-order valence-corrected chi connectivity index (χ1v) is 10.9. The van der Waals surface area contributed by atoms with Crippen molar-refractivity contribution < 1.29 is 35.6 Å². The summed E-state index contributed by atoms with van der Waals surface area (Å²) in [5, 5.41) is 5.68. The van der Waals surface area contributed by atoms with E-state index in [4.69, 9.17) is 14.2 Å². The maximum atomic E-state index is 13.3. The molecule has 0 fully saturated rings. The highest BCUT2D eigenvalue weighted by Gasteiger charge is 2.27. The number of aromatic nitrogens is 1. The van der Waals surface area contributed by atoms with Crippen molar-refractivity contribution >= 4 is 16.5 Å². The predicted octanol–water partition coefficient (Wildman–Crippen LogP) is 2.13. The largest absolute Gasteiger partial charge is 1.00 e. The Morgan fingerprint density at radius 3 is 2.29 bits per heavy atom. The maximum Gasteiger partial charge on any atom is 0.213 e. The van der Waals surface area contributed by atoms with E-state index in [2.05, 4.69) is 40.3 Å². The van der Waals surface area contributed by atoms with Crippen molar-refractivity contribution in [3.63, 3.8) is 0 Å². The number of hydrogen-bond donors (Lipinski definition) is 1. The zero-order chi connectivity index (χ0) is 22.9. The molecule has 0 saturated heterocycles. The molecular formula is C27H26ClFN2O3. The van der Waals surface area contributed by atoms with E-state index in [0.29, 0.717) is 6.54 Å². The third kappa shape index (κ3) is 4.21. The van der Waals surface area contributed by atoms with Crippen LogP contribution in [0.3, 0.4) is 0 Å². The molecule has 1 N–H and O–H groups in total. The fourth-order valence-corrected chi connectivity index (χ4v) is 4.51. The topological polar surface area (TPSA) is 43.6 Å². The molecule has 176 valence electrons. The van der Waals surface area contributed by atoms with Crippen molar-refractivity contribution in [2.45, 2.75) is 19.5 Å². The van der Waals surface area contributed by atoms with E-state index in [1.54, 1.807) is 33.5 Å².